The molecule has 0 radical (unpaired) electrons. The number of esters is 1. The molecule has 0 bridgehead atoms. The predicted molar refractivity (Wildman–Crippen MR) is 172 cm³/mol. The molecule has 0 aliphatic heterocycles. The van der Waals surface area contributed by atoms with Crippen LogP contribution in [0.5, 0.6) is 0 Å². The van der Waals surface area contributed by atoms with Gasteiger partial charge in [-0.15, -0.1) is 0 Å². The molecule has 0 aliphatic rings. The maximum atomic E-state index is 12.5. The van der Waals surface area contributed by atoms with E-state index in [0.717, 1.165) is 70.6 Å². The number of rotatable bonds is 32. The van der Waals surface area contributed by atoms with Gasteiger partial charge in [-0.2, -0.15) is 0 Å². The average Bonchev–Trinajstić information content (AvgIpc) is 2.93. The molecular formula is C36H68O4. The van der Waals surface area contributed by atoms with Crippen LogP contribution in [-0.2, 0) is 14.3 Å². The topological polar surface area (TPSA) is 63.6 Å². The molecule has 0 saturated heterocycles. The van der Waals surface area contributed by atoms with Gasteiger partial charge in [-0.25, -0.2) is 0 Å². The molecule has 0 aliphatic carbocycles. The van der Waals surface area contributed by atoms with Gasteiger partial charge in [0.05, 0.1) is 0 Å². The molecule has 1 N–H and O–H groups in total. The van der Waals surface area contributed by atoms with Gasteiger partial charge < -0.3 is 9.84 Å². The van der Waals surface area contributed by atoms with E-state index in [1.165, 1.54) is 103 Å². The second kappa shape index (κ2) is 32.2. The fraction of sp³-hybridized carbons (Fsp3) is 0.889. The van der Waals surface area contributed by atoms with E-state index in [-0.39, 0.29) is 18.5 Å². The van der Waals surface area contributed by atoms with Crippen LogP contribution in [0.4, 0.5) is 0 Å². The van der Waals surface area contributed by atoms with Crippen molar-refractivity contribution < 1.29 is 19.4 Å². The quantitative estimate of drug-likeness (QED) is 0.0501. The van der Waals surface area contributed by atoms with E-state index in [1.807, 2.05) is 0 Å². The molecule has 0 aromatic heterocycles. The number of carbonyl (C=O) groups excluding carboxylic acids is 1. The van der Waals surface area contributed by atoms with Crippen LogP contribution in [-0.4, -0.2) is 23.1 Å². The van der Waals surface area contributed by atoms with E-state index in [2.05, 4.69) is 26.0 Å². The summed E-state index contributed by atoms with van der Waals surface area (Å²) < 4.78 is 5.94. The Labute approximate surface area is 249 Å². The van der Waals surface area contributed by atoms with Crippen molar-refractivity contribution in [2.24, 2.45) is 0 Å². The number of ether oxygens (including phenoxy) is 1. The van der Waals surface area contributed by atoms with Gasteiger partial charge in [0.25, 0.3) is 0 Å². The summed E-state index contributed by atoms with van der Waals surface area (Å²) in [5, 5.41) is 8.78. The Hall–Kier alpha value is -1.32. The summed E-state index contributed by atoms with van der Waals surface area (Å²) in [7, 11) is 0. The minimum atomic E-state index is -0.702. The van der Waals surface area contributed by atoms with Crippen molar-refractivity contribution in [3.05, 3.63) is 12.2 Å². The minimum Gasteiger partial charge on any atom is -0.481 e. The first-order valence-corrected chi connectivity index (χ1v) is 17.7. The van der Waals surface area contributed by atoms with Crippen LogP contribution in [0.15, 0.2) is 12.2 Å². The molecule has 1 unspecified atom stereocenters. The van der Waals surface area contributed by atoms with Crippen molar-refractivity contribution in [3.8, 4) is 0 Å². The summed E-state index contributed by atoms with van der Waals surface area (Å²) in [4.78, 5) is 23.2. The molecule has 0 spiro atoms. The van der Waals surface area contributed by atoms with E-state index < -0.39 is 5.97 Å². The number of carbonyl (C=O) groups is 2. The Morgan fingerprint density at radius 3 is 1.38 bits per heavy atom. The highest BCUT2D eigenvalue weighted by Crippen LogP contribution is 2.18. The maximum Gasteiger partial charge on any atom is 0.306 e. The molecule has 0 heterocycles. The van der Waals surface area contributed by atoms with Gasteiger partial charge >= 0.3 is 11.9 Å². The molecule has 236 valence electrons. The third-order valence-corrected chi connectivity index (χ3v) is 7.99. The van der Waals surface area contributed by atoms with Crippen molar-refractivity contribution in [2.45, 2.75) is 206 Å². The molecular weight excluding hydrogens is 496 g/mol. The Bertz CT molecular complexity index is 571. The third kappa shape index (κ3) is 31.2. The normalized spacial score (nSPS) is 12.2. The highest BCUT2D eigenvalue weighted by Gasteiger charge is 2.14. The van der Waals surface area contributed by atoms with E-state index in [4.69, 9.17) is 9.84 Å². The largest absolute Gasteiger partial charge is 0.481 e. The second-order valence-electron chi connectivity index (χ2n) is 12.1. The predicted octanol–water partition coefficient (Wildman–Crippen LogP) is 11.9. The van der Waals surface area contributed by atoms with Crippen molar-refractivity contribution >= 4 is 11.9 Å². The number of carboxylic acid groups (broad SMARTS) is 1. The van der Waals surface area contributed by atoms with E-state index in [1.54, 1.807) is 0 Å². The zero-order valence-electron chi connectivity index (χ0n) is 26.9. The first-order valence-electron chi connectivity index (χ1n) is 17.7. The summed E-state index contributed by atoms with van der Waals surface area (Å²) >= 11 is 0. The zero-order chi connectivity index (χ0) is 29.4. The first kappa shape index (κ1) is 38.7. The average molecular weight is 565 g/mol. The van der Waals surface area contributed by atoms with Gasteiger partial charge in [0.2, 0.25) is 0 Å². The highest BCUT2D eigenvalue weighted by atomic mass is 16.5. The van der Waals surface area contributed by atoms with Gasteiger partial charge in [0.1, 0.15) is 6.10 Å². The number of hydrogen-bond acceptors (Lipinski definition) is 3. The number of aliphatic carboxylic acids is 1. The van der Waals surface area contributed by atoms with Crippen molar-refractivity contribution in [3.63, 3.8) is 0 Å². The van der Waals surface area contributed by atoms with Gasteiger partial charge in [-0.1, -0.05) is 135 Å². The molecule has 4 heteroatoms. The fourth-order valence-corrected chi connectivity index (χ4v) is 5.35. The lowest BCUT2D eigenvalue weighted by molar-refractivity contribution is -0.150. The van der Waals surface area contributed by atoms with Crippen molar-refractivity contribution in [2.75, 3.05) is 0 Å². The Morgan fingerprint density at radius 2 is 0.900 bits per heavy atom. The van der Waals surface area contributed by atoms with Crippen LogP contribution < -0.4 is 0 Å². The fourth-order valence-electron chi connectivity index (χ4n) is 5.35. The molecule has 0 aromatic rings. The first-order chi connectivity index (χ1) is 19.6. The molecule has 0 fully saturated rings. The molecule has 0 amide bonds. The van der Waals surface area contributed by atoms with Crippen LogP contribution in [0.25, 0.3) is 0 Å². The lowest BCUT2D eigenvalue weighted by Crippen LogP contribution is -2.18. The minimum absolute atomic E-state index is 0.0103. The Kier molecular flexibility index (Phi) is 31.1. The number of hydrogen-bond donors (Lipinski definition) is 1. The van der Waals surface area contributed by atoms with Crippen LogP contribution in [0.2, 0.25) is 0 Å². The Morgan fingerprint density at radius 1 is 0.525 bits per heavy atom. The van der Waals surface area contributed by atoms with E-state index >= 15 is 0 Å². The standard InChI is InChI=1S/C36H68O4/c1-3-5-7-9-11-12-13-14-15-16-17-18-20-22-26-30-34(31-27-23-21-24-28-32-35(37)38)40-36(39)33-29-25-19-10-8-6-4-2/h16-17,34H,3-15,18-33H2,1-2H3,(H,37,38)/b17-16-. The smallest absolute Gasteiger partial charge is 0.306 e. The highest BCUT2D eigenvalue weighted by molar-refractivity contribution is 5.69. The number of unbranched alkanes of at least 4 members (excludes halogenated alkanes) is 21. The molecule has 0 rings (SSSR count). The summed E-state index contributed by atoms with van der Waals surface area (Å²) in [6.45, 7) is 4.51. The van der Waals surface area contributed by atoms with Crippen molar-refractivity contribution in [1.82, 2.24) is 0 Å². The summed E-state index contributed by atoms with van der Waals surface area (Å²) in [6.07, 6.45) is 38.0. The van der Waals surface area contributed by atoms with Crippen LogP contribution in [0.3, 0.4) is 0 Å². The van der Waals surface area contributed by atoms with E-state index in [9.17, 15) is 9.59 Å². The number of allylic oxidation sites excluding steroid dienone is 2. The Balaban J connectivity index is 4.04. The summed E-state index contributed by atoms with van der Waals surface area (Å²) in [5.74, 6) is -0.712. The van der Waals surface area contributed by atoms with Crippen LogP contribution in [0.1, 0.15) is 200 Å². The maximum absolute atomic E-state index is 12.5. The molecule has 0 aromatic carbocycles. The summed E-state index contributed by atoms with van der Waals surface area (Å²) in [6, 6.07) is 0. The van der Waals surface area contributed by atoms with Gasteiger partial charge in [0, 0.05) is 12.8 Å². The second-order valence-corrected chi connectivity index (χ2v) is 12.1. The lowest BCUT2D eigenvalue weighted by atomic mass is 10.0. The van der Waals surface area contributed by atoms with Crippen LogP contribution in [0, 0.1) is 0 Å². The molecule has 0 saturated carbocycles. The molecule has 4 nitrogen and oxygen atoms in total. The third-order valence-electron chi connectivity index (χ3n) is 7.99. The SMILES string of the molecule is CCCCCCCCCC/C=C\CCCCCC(CCCCCCCC(=O)O)OC(=O)CCCCCCCCC. The monoisotopic (exact) mass is 565 g/mol. The van der Waals surface area contributed by atoms with Crippen LogP contribution >= 0.6 is 0 Å². The summed E-state index contributed by atoms with van der Waals surface area (Å²) in [5.41, 5.74) is 0. The van der Waals surface area contributed by atoms with Gasteiger partial charge in [-0.3, -0.25) is 9.59 Å². The van der Waals surface area contributed by atoms with Gasteiger partial charge in [0.15, 0.2) is 0 Å². The van der Waals surface area contributed by atoms with Gasteiger partial charge in [-0.05, 0) is 64.2 Å². The molecule has 40 heavy (non-hydrogen) atoms. The van der Waals surface area contributed by atoms with E-state index in [0.29, 0.717) is 6.42 Å². The molecule has 1 atom stereocenters. The van der Waals surface area contributed by atoms with Crippen molar-refractivity contribution in [1.29, 1.82) is 0 Å². The number of carboxylic acids is 1. The lowest BCUT2D eigenvalue weighted by Gasteiger charge is -2.18. The zero-order valence-corrected chi connectivity index (χ0v) is 26.9.